The van der Waals surface area contributed by atoms with Crippen LogP contribution in [0.25, 0.3) is 86.9 Å². The highest BCUT2D eigenvalue weighted by molar-refractivity contribution is 7.26. The summed E-state index contributed by atoms with van der Waals surface area (Å²) >= 11 is 1.90. The van der Waals surface area contributed by atoms with Gasteiger partial charge in [0.15, 0.2) is 0 Å². The molecule has 338 valence electrons. The minimum absolute atomic E-state index is 0.120. The molecule has 0 unspecified atom stereocenters. The molecule has 2 heteroatoms. The van der Waals surface area contributed by atoms with Crippen molar-refractivity contribution >= 4 is 48.6 Å². The van der Waals surface area contributed by atoms with Crippen LogP contribution in [0.2, 0.25) is 0 Å². The highest BCUT2D eigenvalue weighted by atomic mass is 32.1. The van der Waals surface area contributed by atoms with Crippen molar-refractivity contribution in [1.82, 2.24) is 0 Å². The Labute approximate surface area is 424 Å². The first-order valence-corrected chi connectivity index (χ1v) is 26.0. The molecule has 3 aliphatic rings. The largest absolute Gasteiger partial charge is 0.310 e. The van der Waals surface area contributed by atoms with Gasteiger partial charge in [-0.25, -0.2) is 0 Å². The smallest absolute Gasteiger partial charge is 0.0725 e. The van der Waals surface area contributed by atoms with Crippen molar-refractivity contribution in [2.24, 2.45) is 0 Å². The summed E-state index contributed by atoms with van der Waals surface area (Å²) in [5.74, 6) is 0. The van der Waals surface area contributed by atoms with Gasteiger partial charge in [0.1, 0.15) is 0 Å². The summed E-state index contributed by atoms with van der Waals surface area (Å²) in [5, 5.41) is 2.59. The van der Waals surface area contributed by atoms with Gasteiger partial charge in [-0.3, -0.25) is 0 Å². The van der Waals surface area contributed by atoms with Gasteiger partial charge < -0.3 is 4.90 Å². The van der Waals surface area contributed by atoms with E-state index in [2.05, 4.69) is 267 Å². The van der Waals surface area contributed by atoms with E-state index in [1.807, 2.05) is 11.3 Å². The SMILES string of the molecule is CC1(C)c2ccccc2-c2ccc(N(c3ccc(-c4ccccc4)cc3)c3ccc(-c4cc(-c5ccc6c(c5)C5(c7ccccc7-c7ccccc75)c5ccccc5-6)cc5c4sc4ccccc45)cc3)cc21. The number of fused-ring (bicyclic) bond motifs is 16. The average Bonchev–Trinajstić information content (AvgIpc) is 4.14. The Morgan fingerprint density at radius 3 is 1.42 bits per heavy atom. The first-order chi connectivity index (χ1) is 35.4. The molecule has 0 fully saturated rings. The van der Waals surface area contributed by atoms with Crippen LogP contribution in [0.5, 0.6) is 0 Å². The molecule has 1 nitrogen and oxygen atoms in total. The van der Waals surface area contributed by atoms with E-state index in [9.17, 15) is 0 Å². The third-order valence-electron chi connectivity index (χ3n) is 16.3. The Kier molecular flexibility index (Phi) is 8.86. The van der Waals surface area contributed by atoms with E-state index < -0.39 is 5.41 Å². The van der Waals surface area contributed by atoms with Gasteiger partial charge in [-0.05, 0) is 155 Å². The van der Waals surface area contributed by atoms with Gasteiger partial charge in [0.2, 0.25) is 0 Å². The van der Waals surface area contributed by atoms with Gasteiger partial charge in [0.05, 0.1) is 5.41 Å². The molecule has 1 heterocycles. The van der Waals surface area contributed by atoms with Crippen LogP contribution in [0.1, 0.15) is 47.2 Å². The lowest BCUT2D eigenvalue weighted by Gasteiger charge is -2.30. The van der Waals surface area contributed by atoms with E-state index in [0.29, 0.717) is 0 Å². The predicted molar refractivity (Wildman–Crippen MR) is 304 cm³/mol. The van der Waals surface area contributed by atoms with E-state index in [0.717, 1.165) is 17.1 Å². The standard InChI is InChI=1S/C70H47NS/c1-69(2)61-23-11-6-18-52(61)56-39-37-51(43-65(56)69)71(49-33-28-45(29-34-49)44-16-4-3-5-17-44)50-35-30-46(31-36-50)59-40-48(41-60-58-22-10-15-27-67(58)72-68(59)60)47-32-38-57-55-21-9-14-26-64(55)70(66(57)42-47)62-24-12-7-19-53(62)54-20-8-13-25-63(54)70/h3-43H,1-2H3. The summed E-state index contributed by atoms with van der Waals surface area (Å²) < 4.78 is 2.61. The topological polar surface area (TPSA) is 3.24 Å². The molecule has 0 atom stereocenters. The fraction of sp³-hybridized carbons (Fsp3) is 0.0571. The molecule has 11 aromatic carbocycles. The highest BCUT2D eigenvalue weighted by Gasteiger charge is 2.51. The second-order valence-corrected chi connectivity index (χ2v) is 21.4. The molecule has 0 saturated carbocycles. The van der Waals surface area contributed by atoms with Gasteiger partial charge in [-0.2, -0.15) is 0 Å². The number of rotatable bonds is 6. The molecule has 0 saturated heterocycles. The normalized spacial score (nSPS) is 13.9. The van der Waals surface area contributed by atoms with Crippen molar-refractivity contribution in [2.75, 3.05) is 4.90 Å². The van der Waals surface area contributed by atoms with E-state index >= 15 is 0 Å². The van der Waals surface area contributed by atoms with Crippen LogP contribution in [0, 0.1) is 0 Å². The van der Waals surface area contributed by atoms with Crippen molar-refractivity contribution in [3.8, 4) is 66.8 Å². The van der Waals surface area contributed by atoms with Crippen LogP contribution in [0.3, 0.4) is 0 Å². The van der Waals surface area contributed by atoms with E-state index in [4.69, 9.17) is 0 Å². The Bertz CT molecular complexity index is 4110. The molecule has 0 N–H and O–H groups in total. The molecule has 3 aliphatic carbocycles. The molecular weight excluding hydrogens is 887 g/mol. The van der Waals surface area contributed by atoms with Crippen LogP contribution < -0.4 is 4.90 Å². The number of nitrogens with zero attached hydrogens (tertiary/aromatic N) is 1. The summed E-state index contributed by atoms with van der Waals surface area (Å²) in [5.41, 5.74) is 26.3. The minimum Gasteiger partial charge on any atom is -0.310 e. The quantitative estimate of drug-likeness (QED) is 0.161. The lowest BCUT2D eigenvalue weighted by atomic mass is 9.70. The Morgan fingerprint density at radius 1 is 0.292 bits per heavy atom. The van der Waals surface area contributed by atoms with Gasteiger partial charge in [0, 0.05) is 48.2 Å². The second-order valence-electron chi connectivity index (χ2n) is 20.3. The summed E-state index contributed by atoms with van der Waals surface area (Å²) in [6.45, 7) is 4.73. The monoisotopic (exact) mass is 933 g/mol. The van der Waals surface area contributed by atoms with E-state index in [1.165, 1.54) is 120 Å². The number of benzene rings is 11. The van der Waals surface area contributed by atoms with Gasteiger partial charge in [-0.15, -0.1) is 11.3 Å². The summed E-state index contributed by atoms with van der Waals surface area (Å²) in [4.78, 5) is 2.43. The maximum Gasteiger partial charge on any atom is 0.0725 e. The zero-order valence-electron chi connectivity index (χ0n) is 40.0. The molecular formula is C70H47NS. The third-order valence-corrected chi connectivity index (χ3v) is 17.5. The Hall–Kier alpha value is -8.56. The van der Waals surface area contributed by atoms with Crippen LogP contribution in [0.15, 0.2) is 249 Å². The van der Waals surface area contributed by atoms with Crippen LogP contribution in [-0.4, -0.2) is 0 Å². The van der Waals surface area contributed by atoms with Crippen LogP contribution in [0.4, 0.5) is 17.1 Å². The van der Waals surface area contributed by atoms with Gasteiger partial charge >= 0.3 is 0 Å². The summed E-state index contributed by atoms with van der Waals surface area (Å²) in [6, 6.07) is 93.4. The highest BCUT2D eigenvalue weighted by Crippen LogP contribution is 2.63. The molecule has 12 aromatic rings. The summed E-state index contributed by atoms with van der Waals surface area (Å²) in [6.07, 6.45) is 0. The number of thiophene rings is 1. The lowest BCUT2D eigenvalue weighted by molar-refractivity contribution is 0.660. The average molecular weight is 934 g/mol. The summed E-state index contributed by atoms with van der Waals surface area (Å²) in [7, 11) is 0. The zero-order valence-corrected chi connectivity index (χ0v) is 40.8. The Balaban J connectivity index is 0.886. The fourth-order valence-corrected chi connectivity index (χ4v) is 14.2. The molecule has 0 amide bonds. The molecule has 0 aliphatic heterocycles. The van der Waals surface area contributed by atoms with Crippen molar-refractivity contribution < 1.29 is 0 Å². The van der Waals surface area contributed by atoms with Crippen LogP contribution >= 0.6 is 11.3 Å². The predicted octanol–water partition coefficient (Wildman–Crippen LogP) is 19.2. The molecule has 72 heavy (non-hydrogen) atoms. The van der Waals surface area contributed by atoms with Gasteiger partial charge in [0.25, 0.3) is 0 Å². The first kappa shape index (κ1) is 41.2. The minimum atomic E-state index is -0.404. The molecule has 15 rings (SSSR count). The number of hydrogen-bond acceptors (Lipinski definition) is 2. The number of hydrogen-bond donors (Lipinski definition) is 0. The van der Waals surface area contributed by atoms with Gasteiger partial charge in [-0.1, -0.05) is 202 Å². The maximum atomic E-state index is 2.52. The van der Waals surface area contributed by atoms with Crippen molar-refractivity contribution in [3.05, 3.63) is 282 Å². The van der Waals surface area contributed by atoms with Crippen molar-refractivity contribution in [3.63, 3.8) is 0 Å². The fourth-order valence-electron chi connectivity index (χ4n) is 13.0. The molecule has 1 spiro atoms. The molecule has 0 bridgehead atoms. The van der Waals surface area contributed by atoms with Crippen LogP contribution in [-0.2, 0) is 10.8 Å². The van der Waals surface area contributed by atoms with Crippen molar-refractivity contribution in [1.29, 1.82) is 0 Å². The lowest BCUT2D eigenvalue weighted by Crippen LogP contribution is -2.25. The second kappa shape index (κ2) is 15.5. The maximum absolute atomic E-state index is 2.52. The molecule has 1 aromatic heterocycles. The third kappa shape index (κ3) is 5.82. The van der Waals surface area contributed by atoms with E-state index in [1.54, 1.807) is 0 Å². The van der Waals surface area contributed by atoms with Crippen molar-refractivity contribution in [2.45, 2.75) is 24.7 Å². The zero-order chi connectivity index (χ0) is 47.7. The molecule has 0 radical (unpaired) electrons. The van der Waals surface area contributed by atoms with E-state index in [-0.39, 0.29) is 5.41 Å². The number of anilines is 3. The Morgan fingerprint density at radius 2 is 0.764 bits per heavy atom. The first-order valence-electron chi connectivity index (χ1n) is 25.2.